The first-order valence-electron chi connectivity index (χ1n) is 5.38. The van der Waals surface area contributed by atoms with Crippen molar-refractivity contribution in [3.05, 3.63) is 39.3 Å². The summed E-state index contributed by atoms with van der Waals surface area (Å²) in [6.07, 6.45) is 5.07. The van der Waals surface area contributed by atoms with Crippen molar-refractivity contribution in [2.75, 3.05) is 5.32 Å². The van der Waals surface area contributed by atoms with Crippen molar-refractivity contribution in [1.29, 1.82) is 0 Å². The van der Waals surface area contributed by atoms with Gasteiger partial charge in [-0.1, -0.05) is 0 Å². The van der Waals surface area contributed by atoms with E-state index in [2.05, 4.69) is 15.3 Å². The molecule has 2 aromatic heterocycles. The minimum Gasteiger partial charge on any atom is -0.359 e. The Bertz CT molecular complexity index is 533. The fourth-order valence-electron chi connectivity index (χ4n) is 1.45. The van der Waals surface area contributed by atoms with E-state index >= 15 is 0 Å². The van der Waals surface area contributed by atoms with Gasteiger partial charge in [0.15, 0.2) is 5.82 Å². The van der Waals surface area contributed by atoms with Crippen molar-refractivity contribution in [1.82, 2.24) is 14.5 Å². The third-order valence-electron chi connectivity index (χ3n) is 2.31. The molecular formula is C11H14N4OS. The summed E-state index contributed by atoms with van der Waals surface area (Å²) in [5, 5.41) is 5.85. The van der Waals surface area contributed by atoms with Gasteiger partial charge in [0.25, 0.3) is 5.56 Å². The zero-order chi connectivity index (χ0) is 12.3. The zero-order valence-electron chi connectivity index (χ0n) is 9.75. The van der Waals surface area contributed by atoms with Crippen LogP contribution in [0.1, 0.15) is 24.9 Å². The van der Waals surface area contributed by atoms with Gasteiger partial charge in [0.05, 0.1) is 6.54 Å². The average molecular weight is 250 g/mol. The van der Waals surface area contributed by atoms with Gasteiger partial charge in [0.2, 0.25) is 0 Å². The SMILES string of the molecule is CC(C)n1ccnc(NCc2nccs2)c1=O. The molecule has 0 aromatic carbocycles. The molecular weight excluding hydrogens is 236 g/mol. The van der Waals surface area contributed by atoms with E-state index in [1.807, 2.05) is 19.2 Å². The van der Waals surface area contributed by atoms with E-state index < -0.39 is 0 Å². The highest BCUT2D eigenvalue weighted by molar-refractivity contribution is 7.09. The van der Waals surface area contributed by atoms with Gasteiger partial charge in [-0.05, 0) is 13.8 Å². The number of anilines is 1. The van der Waals surface area contributed by atoms with Gasteiger partial charge in [-0.3, -0.25) is 4.79 Å². The molecule has 0 bridgehead atoms. The van der Waals surface area contributed by atoms with Crippen molar-refractivity contribution in [3.8, 4) is 0 Å². The maximum Gasteiger partial charge on any atom is 0.293 e. The van der Waals surface area contributed by atoms with Crippen molar-refractivity contribution in [2.24, 2.45) is 0 Å². The molecule has 0 aliphatic heterocycles. The van der Waals surface area contributed by atoms with E-state index in [0.717, 1.165) is 5.01 Å². The summed E-state index contributed by atoms with van der Waals surface area (Å²) in [6.45, 7) is 4.46. The lowest BCUT2D eigenvalue weighted by atomic mass is 10.4. The normalized spacial score (nSPS) is 10.8. The largest absolute Gasteiger partial charge is 0.359 e. The molecule has 0 radical (unpaired) electrons. The van der Waals surface area contributed by atoms with Crippen LogP contribution in [0.25, 0.3) is 0 Å². The van der Waals surface area contributed by atoms with Gasteiger partial charge in [-0.25, -0.2) is 9.97 Å². The van der Waals surface area contributed by atoms with Gasteiger partial charge >= 0.3 is 0 Å². The van der Waals surface area contributed by atoms with E-state index in [1.54, 1.807) is 34.5 Å². The Hall–Kier alpha value is -1.69. The van der Waals surface area contributed by atoms with Crippen molar-refractivity contribution in [2.45, 2.75) is 26.4 Å². The fourth-order valence-corrected chi connectivity index (χ4v) is 2.01. The second-order valence-electron chi connectivity index (χ2n) is 3.86. The Kier molecular flexibility index (Phi) is 3.53. The molecule has 0 saturated carbocycles. The van der Waals surface area contributed by atoms with E-state index in [0.29, 0.717) is 12.4 Å². The van der Waals surface area contributed by atoms with E-state index in [4.69, 9.17) is 0 Å². The van der Waals surface area contributed by atoms with Gasteiger partial charge in [-0.15, -0.1) is 11.3 Å². The van der Waals surface area contributed by atoms with Crippen molar-refractivity contribution < 1.29 is 0 Å². The third kappa shape index (κ3) is 2.71. The topological polar surface area (TPSA) is 59.8 Å². The number of hydrogen-bond acceptors (Lipinski definition) is 5. The molecule has 0 unspecified atom stereocenters. The highest BCUT2D eigenvalue weighted by Crippen LogP contribution is 2.06. The minimum atomic E-state index is -0.0981. The van der Waals surface area contributed by atoms with Crippen LogP contribution in [-0.2, 0) is 6.54 Å². The first kappa shape index (κ1) is 11.8. The summed E-state index contributed by atoms with van der Waals surface area (Å²) < 4.78 is 1.65. The summed E-state index contributed by atoms with van der Waals surface area (Å²) in [5.74, 6) is 0.372. The first-order valence-corrected chi connectivity index (χ1v) is 6.26. The molecule has 1 N–H and O–H groups in total. The molecule has 90 valence electrons. The lowest BCUT2D eigenvalue weighted by Gasteiger charge is -2.10. The lowest BCUT2D eigenvalue weighted by Crippen LogP contribution is -2.25. The van der Waals surface area contributed by atoms with Crippen LogP contribution in [0.5, 0.6) is 0 Å². The number of nitrogens with one attached hydrogen (secondary N) is 1. The second-order valence-corrected chi connectivity index (χ2v) is 4.84. The average Bonchev–Trinajstić information content (AvgIpc) is 2.80. The number of thiazole rings is 1. The van der Waals surface area contributed by atoms with Gasteiger partial charge in [0.1, 0.15) is 5.01 Å². The van der Waals surface area contributed by atoms with Crippen LogP contribution in [0, 0.1) is 0 Å². The molecule has 2 rings (SSSR count). The van der Waals surface area contributed by atoms with Gasteiger partial charge < -0.3 is 9.88 Å². The summed E-state index contributed by atoms with van der Waals surface area (Å²) in [7, 11) is 0. The van der Waals surface area contributed by atoms with Crippen LogP contribution in [-0.4, -0.2) is 14.5 Å². The predicted octanol–water partition coefficient (Wildman–Crippen LogP) is 1.89. The smallest absolute Gasteiger partial charge is 0.293 e. The Balaban J connectivity index is 2.16. The molecule has 0 amide bonds. The lowest BCUT2D eigenvalue weighted by molar-refractivity contribution is 0.575. The molecule has 6 heteroatoms. The molecule has 17 heavy (non-hydrogen) atoms. The third-order valence-corrected chi connectivity index (χ3v) is 3.09. The van der Waals surface area contributed by atoms with Crippen LogP contribution in [0.3, 0.4) is 0 Å². The molecule has 0 aliphatic rings. The predicted molar refractivity (Wildman–Crippen MR) is 68.3 cm³/mol. The van der Waals surface area contributed by atoms with E-state index in [1.165, 1.54) is 0 Å². The zero-order valence-corrected chi connectivity index (χ0v) is 10.6. The second kappa shape index (κ2) is 5.09. The summed E-state index contributed by atoms with van der Waals surface area (Å²) in [4.78, 5) is 20.2. The monoisotopic (exact) mass is 250 g/mol. The van der Waals surface area contributed by atoms with Crippen LogP contribution < -0.4 is 10.9 Å². The number of hydrogen-bond donors (Lipinski definition) is 1. The molecule has 0 aliphatic carbocycles. The van der Waals surface area contributed by atoms with Crippen LogP contribution in [0.2, 0.25) is 0 Å². The summed E-state index contributed by atoms with van der Waals surface area (Å²) in [5.41, 5.74) is -0.0981. The fraction of sp³-hybridized carbons (Fsp3) is 0.364. The maximum absolute atomic E-state index is 12.0. The number of nitrogens with zero attached hydrogens (tertiary/aromatic N) is 3. The molecule has 0 saturated heterocycles. The van der Waals surface area contributed by atoms with Gasteiger partial charge in [0, 0.05) is 30.0 Å². The Morgan fingerprint density at radius 3 is 2.88 bits per heavy atom. The quantitative estimate of drug-likeness (QED) is 0.900. The highest BCUT2D eigenvalue weighted by Gasteiger charge is 2.07. The molecule has 0 atom stereocenters. The van der Waals surface area contributed by atoms with Crippen LogP contribution >= 0.6 is 11.3 Å². The molecule has 5 nitrogen and oxygen atoms in total. The summed E-state index contributed by atoms with van der Waals surface area (Å²) >= 11 is 1.55. The Morgan fingerprint density at radius 1 is 1.41 bits per heavy atom. The standard InChI is InChI=1S/C11H14N4OS/c1-8(2)15-5-3-13-10(11(15)16)14-7-9-12-4-6-17-9/h3-6,8H,7H2,1-2H3,(H,13,14). The Labute approximate surface area is 103 Å². The molecule has 2 aromatic rings. The number of rotatable bonds is 4. The van der Waals surface area contributed by atoms with Crippen LogP contribution in [0.15, 0.2) is 28.8 Å². The minimum absolute atomic E-state index is 0.0981. The summed E-state index contributed by atoms with van der Waals surface area (Å²) in [6, 6.07) is 0.130. The van der Waals surface area contributed by atoms with Gasteiger partial charge in [-0.2, -0.15) is 0 Å². The molecule has 0 spiro atoms. The Morgan fingerprint density at radius 2 is 2.24 bits per heavy atom. The van der Waals surface area contributed by atoms with Crippen molar-refractivity contribution >= 4 is 17.2 Å². The van der Waals surface area contributed by atoms with E-state index in [9.17, 15) is 4.79 Å². The molecule has 2 heterocycles. The van der Waals surface area contributed by atoms with Crippen molar-refractivity contribution in [3.63, 3.8) is 0 Å². The first-order chi connectivity index (χ1) is 8.18. The van der Waals surface area contributed by atoms with Crippen LogP contribution in [0.4, 0.5) is 5.82 Å². The maximum atomic E-state index is 12.0. The highest BCUT2D eigenvalue weighted by atomic mass is 32.1. The molecule has 0 fully saturated rings. The number of aromatic nitrogens is 3. The van der Waals surface area contributed by atoms with E-state index in [-0.39, 0.29) is 11.6 Å².